The second-order valence-corrected chi connectivity index (χ2v) is 6.32. The largest absolute Gasteiger partial charge is 0.353 e. The second-order valence-electron chi connectivity index (χ2n) is 6.32. The van der Waals surface area contributed by atoms with E-state index in [1.54, 1.807) is 0 Å². The Labute approximate surface area is 121 Å². The summed E-state index contributed by atoms with van der Waals surface area (Å²) in [6.07, 6.45) is 5.30. The number of likely N-dealkylation sites (tertiary alicyclic amines) is 1. The maximum Gasteiger partial charge on any atom is 0.225 e. The van der Waals surface area contributed by atoms with Crippen molar-refractivity contribution in [3.63, 3.8) is 0 Å². The Kier molecular flexibility index (Phi) is 5.40. The highest BCUT2D eigenvalue weighted by Crippen LogP contribution is 2.31. The van der Waals surface area contributed by atoms with Crippen molar-refractivity contribution >= 4 is 11.8 Å². The molecule has 2 rings (SSSR count). The Bertz CT molecular complexity index is 347. The van der Waals surface area contributed by atoms with E-state index in [0.717, 1.165) is 45.2 Å². The van der Waals surface area contributed by atoms with Crippen molar-refractivity contribution in [2.75, 3.05) is 19.6 Å². The molecular weight excluding hydrogens is 254 g/mol. The highest BCUT2D eigenvalue weighted by molar-refractivity contribution is 5.81. The van der Waals surface area contributed by atoms with Crippen LogP contribution in [0.15, 0.2) is 0 Å². The number of nitrogens with two attached hydrogens (primary N) is 1. The molecule has 1 aliphatic carbocycles. The third kappa shape index (κ3) is 4.47. The number of piperidine rings is 1. The first-order valence-electron chi connectivity index (χ1n) is 7.88. The number of carbonyl (C=O) groups excluding carboxylic acids is 2. The monoisotopic (exact) mass is 281 g/mol. The minimum atomic E-state index is 0.122. The lowest BCUT2D eigenvalue weighted by atomic mass is 10.0. The van der Waals surface area contributed by atoms with E-state index in [0.29, 0.717) is 30.7 Å². The van der Waals surface area contributed by atoms with Crippen LogP contribution in [0.4, 0.5) is 0 Å². The van der Waals surface area contributed by atoms with Gasteiger partial charge in [0.1, 0.15) is 0 Å². The molecule has 1 aliphatic heterocycles. The molecule has 0 bridgehead atoms. The van der Waals surface area contributed by atoms with Gasteiger partial charge in [-0.1, -0.05) is 6.92 Å². The molecule has 20 heavy (non-hydrogen) atoms. The zero-order chi connectivity index (χ0) is 14.5. The van der Waals surface area contributed by atoms with Crippen LogP contribution in [0.2, 0.25) is 0 Å². The Hall–Kier alpha value is -1.10. The molecule has 2 amide bonds. The average molecular weight is 281 g/mol. The summed E-state index contributed by atoms with van der Waals surface area (Å²) in [6, 6.07) is 0.235. The van der Waals surface area contributed by atoms with Gasteiger partial charge in [-0.05, 0) is 44.6 Å². The van der Waals surface area contributed by atoms with Crippen molar-refractivity contribution < 1.29 is 9.59 Å². The summed E-state index contributed by atoms with van der Waals surface area (Å²) in [6.45, 7) is 4.28. The standard InChI is InChI=1S/C15H27N3O2/c1-11(10-16)2-5-14(19)17-13-6-8-18(9-7-13)15(20)12-3-4-12/h11-13H,2-10,16H2,1H3,(H,17,19). The summed E-state index contributed by atoms with van der Waals surface area (Å²) in [5.74, 6) is 1.15. The van der Waals surface area contributed by atoms with Crippen molar-refractivity contribution in [1.29, 1.82) is 0 Å². The van der Waals surface area contributed by atoms with Crippen LogP contribution in [0, 0.1) is 11.8 Å². The van der Waals surface area contributed by atoms with Crippen LogP contribution in [0.1, 0.15) is 45.4 Å². The Morgan fingerprint density at radius 2 is 1.90 bits per heavy atom. The minimum absolute atomic E-state index is 0.122. The molecule has 0 aromatic rings. The second kappa shape index (κ2) is 7.07. The first-order valence-corrected chi connectivity index (χ1v) is 7.88. The molecule has 5 heteroatoms. The lowest BCUT2D eigenvalue weighted by Crippen LogP contribution is -2.47. The van der Waals surface area contributed by atoms with E-state index in [1.165, 1.54) is 0 Å². The third-order valence-corrected chi connectivity index (χ3v) is 4.36. The third-order valence-electron chi connectivity index (χ3n) is 4.36. The number of carbonyl (C=O) groups is 2. The Morgan fingerprint density at radius 1 is 1.25 bits per heavy atom. The van der Waals surface area contributed by atoms with Crippen LogP contribution in [-0.4, -0.2) is 42.4 Å². The fourth-order valence-corrected chi connectivity index (χ4v) is 2.63. The maximum atomic E-state index is 11.9. The quantitative estimate of drug-likeness (QED) is 0.759. The van der Waals surface area contributed by atoms with Crippen LogP contribution in [0.25, 0.3) is 0 Å². The molecular formula is C15H27N3O2. The first-order chi connectivity index (χ1) is 9.60. The summed E-state index contributed by atoms with van der Waals surface area (Å²) in [7, 11) is 0. The van der Waals surface area contributed by atoms with Crippen LogP contribution in [0.5, 0.6) is 0 Å². The number of amides is 2. The van der Waals surface area contributed by atoms with E-state index in [2.05, 4.69) is 12.2 Å². The molecule has 1 atom stereocenters. The predicted molar refractivity (Wildman–Crippen MR) is 77.9 cm³/mol. The normalized spacial score (nSPS) is 21.6. The van der Waals surface area contributed by atoms with Gasteiger partial charge in [-0.3, -0.25) is 9.59 Å². The molecule has 0 aromatic heterocycles. The van der Waals surface area contributed by atoms with Crippen LogP contribution in [0.3, 0.4) is 0 Å². The molecule has 3 N–H and O–H groups in total. The summed E-state index contributed by atoms with van der Waals surface area (Å²) in [4.78, 5) is 25.7. The van der Waals surface area contributed by atoms with Crippen LogP contribution < -0.4 is 11.1 Å². The van der Waals surface area contributed by atoms with E-state index < -0.39 is 0 Å². The Morgan fingerprint density at radius 3 is 2.45 bits per heavy atom. The van der Waals surface area contributed by atoms with Crippen molar-refractivity contribution in [1.82, 2.24) is 10.2 Å². The molecule has 0 aromatic carbocycles. The fourth-order valence-electron chi connectivity index (χ4n) is 2.63. The van der Waals surface area contributed by atoms with E-state index in [4.69, 9.17) is 5.73 Å². The van der Waals surface area contributed by atoms with E-state index >= 15 is 0 Å². The predicted octanol–water partition coefficient (Wildman–Crippen LogP) is 0.879. The van der Waals surface area contributed by atoms with Crippen LogP contribution >= 0.6 is 0 Å². The number of nitrogens with one attached hydrogen (secondary N) is 1. The van der Waals surface area contributed by atoms with E-state index in [1.807, 2.05) is 4.90 Å². The molecule has 5 nitrogen and oxygen atoms in total. The number of hydrogen-bond donors (Lipinski definition) is 2. The van der Waals surface area contributed by atoms with Gasteiger partial charge in [0.25, 0.3) is 0 Å². The molecule has 1 unspecified atom stereocenters. The summed E-state index contributed by atoms with van der Waals surface area (Å²) >= 11 is 0. The molecule has 2 aliphatic rings. The molecule has 2 fully saturated rings. The van der Waals surface area contributed by atoms with Gasteiger partial charge in [0.2, 0.25) is 11.8 Å². The zero-order valence-electron chi connectivity index (χ0n) is 12.4. The lowest BCUT2D eigenvalue weighted by Gasteiger charge is -2.32. The maximum absolute atomic E-state index is 11.9. The number of hydrogen-bond acceptors (Lipinski definition) is 3. The van der Waals surface area contributed by atoms with E-state index in [-0.39, 0.29) is 11.9 Å². The molecule has 1 heterocycles. The van der Waals surface area contributed by atoms with Crippen molar-refractivity contribution in [2.24, 2.45) is 17.6 Å². The minimum Gasteiger partial charge on any atom is -0.353 e. The highest BCUT2D eigenvalue weighted by Gasteiger charge is 2.34. The Balaban J connectivity index is 1.63. The average Bonchev–Trinajstić information content (AvgIpc) is 3.29. The van der Waals surface area contributed by atoms with Gasteiger partial charge in [-0.25, -0.2) is 0 Å². The molecule has 0 radical (unpaired) electrons. The van der Waals surface area contributed by atoms with Gasteiger partial charge in [0.05, 0.1) is 0 Å². The van der Waals surface area contributed by atoms with Crippen molar-refractivity contribution in [3.05, 3.63) is 0 Å². The molecule has 0 spiro atoms. The molecule has 1 saturated carbocycles. The van der Waals surface area contributed by atoms with Crippen LogP contribution in [-0.2, 0) is 9.59 Å². The van der Waals surface area contributed by atoms with Crippen molar-refractivity contribution in [2.45, 2.75) is 51.5 Å². The topological polar surface area (TPSA) is 75.4 Å². The SMILES string of the molecule is CC(CN)CCC(=O)NC1CCN(C(=O)C2CC2)CC1. The van der Waals surface area contributed by atoms with Gasteiger partial charge in [-0.2, -0.15) is 0 Å². The summed E-state index contributed by atoms with van der Waals surface area (Å²) in [5.41, 5.74) is 5.55. The van der Waals surface area contributed by atoms with Gasteiger partial charge in [-0.15, -0.1) is 0 Å². The first kappa shape index (κ1) is 15.3. The smallest absolute Gasteiger partial charge is 0.225 e. The van der Waals surface area contributed by atoms with Gasteiger partial charge in [0.15, 0.2) is 0 Å². The molecule has 114 valence electrons. The highest BCUT2D eigenvalue weighted by atomic mass is 16.2. The lowest BCUT2D eigenvalue weighted by molar-refractivity contribution is -0.133. The summed E-state index contributed by atoms with van der Waals surface area (Å²) in [5, 5.41) is 3.08. The zero-order valence-corrected chi connectivity index (χ0v) is 12.4. The fraction of sp³-hybridized carbons (Fsp3) is 0.867. The van der Waals surface area contributed by atoms with Gasteiger partial charge < -0.3 is 16.0 Å². The number of rotatable bonds is 6. The number of nitrogens with zero attached hydrogens (tertiary/aromatic N) is 1. The van der Waals surface area contributed by atoms with Gasteiger partial charge >= 0.3 is 0 Å². The molecule has 1 saturated heterocycles. The summed E-state index contributed by atoms with van der Waals surface area (Å²) < 4.78 is 0. The van der Waals surface area contributed by atoms with E-state index in [9.17, 15) is 9.59 Å². The van der Waals surface area contributed by atoms with Gasteiger partial charge in [0, 0.05) is 31.5 Å². The van der Waals surface area contributed by atoms with Crippen molar-refractivity contribution in [3.8, 4) is 0 Å².